The van der Waals surface area contributed by atoms with Crippen molar-refractivity contribution < 1.29 is 9.59 Å². The molecule has 1 saturated heterocycles. The van der Waals surface area contributed by atoms with E-state index in [1.165, 1.54) is 22.3 Å². The number of carbonyl (C=O) groups excluding carboxylic acids is 2. The zero-order chi connectivity index (χ0) is 26.7. The average Bonchev–Trinajstić information content (AvgIpc) is 3.70. The molecule has 3 aromatic rings. The molecule has 1 aliphatic heterocycles. The molecule has 8 heteroatoms. The zero-order valence-electron chi connectivity index (χ0n) is 21.8. The Balaban J connectivity index is 1.27. The number of anilines is 1. The van der Waals surface area contributed by atoms with Crippen LogP contribution >= 0.6 is 0 Å². The van der Waals surface area contributed by atoms with Crippen molar-refractivity contribution in [1.82, 2.24) is 14.7 Å². The number of hydrogen-bond acceptors (Lipinski definition) is 5. The van der Waals surface area contributed by atoms with Crippen molar-refractivity contribution in [1.29, 1.82) is 5.26 Å². The second-order valence-corrected chi connectivity index (χ2v) is 10.5. The van der Waals surface area contributed by atoms with Crippen molar-refractivity contribution in [2.45, 2.75) is 57.5 Å². The number of likely N-dealkylation sites (tertiary alicyclic amines) is 1. The van der Waals surface area contributed by atoms with Crippen LogP contribution in [0.1, 0.15) is 60.5 Å². The number of aromatic nitrogens is 2. The zero-order valence-corrected chi connectivity index (χ0v) is 21.8. The Morgan fingerprint density at radius 3 is 2.47 bits per heavy atom. The lowest BCUT2D eigenvalue weighted by Crippen LogP contribution is -2.46. The van der Waals surface area contributed by atoms with E-state index in [0.29, 0.717) is 12.8 Å². The molecular weight excluding hydrogens is 476 g/mol. The van der Waals surface area contributed by atoms with Crippen LogP contribution in [-0.4, -0.2) is 39.6 Å². The van der Waals surface area contributed by atoms with Crippen molar-refractivity contribution >= 4 is 17.6 Å². The summed E-state index contributed by atoms with van der Waals surface area (Å²) in [6, 6.07) is 19.7. The fourth-order valence-corrected chi connectivity index (χ4v) is 5.25. The van der Waals surface area contributed by atoms with Gasteiger partial charge >= 0.3 is 0 Å². The van der Waals surface area contributed by atoms with E-state index in [1.807, 2.05) is 0 Å². The molecule has 38 heavy (non-hydrogen) atoms. The predicted octanol–water partition coefficient (Wildman–Crippen LogP) is 4.46. The minimum absolute atomic E-state index is 0.0206. The largest absolute Gasteiger partial charge is 0.365 e. The standard InChI is InChI=1S/C30H34N6O2/c1-2-21-4-3-5-25(18-21)23-8-6-22(7-9-23)19-35-16-13-30(12-15-31,14-17-35)36-20-26(27(32)37)28(34-36)33-29(38)24-10-11-24/h3-9,18,20,24H,2,10-14,16-17,19H2,1H3,(H2,32,37)(H,33,34,38). The maximum atomic E-state index is 12.3. The quantitative estimate of drug-likeness (QED) is 0.441. The van der Waals surface area contributed by atoms with Gasteiger partial charge in [0.2, 0.25) is 5.91 Å². The second kappa shape index (κ2) is 10.8. The third kappa shape index (κ3) is 5.48. The Morgan fingerprint density at radius 2 is 1.84 bits per heavy atom. The van der Waals surface area contributed by atoms with Gasteiger partial charge in [-0.3, -0.25) is 19.2 Å². The van der Waals surface area contributed by atoms with Crippen LogP contribution in [0.3, 0.4) is 0 Å². The van der Waals surface area contributed by atoms with E-state index in [-0.39, 0.29) is 29.6 Å². The molecule has 0 radical (unpaired) electrons. The van der Waals surface area contributed by atoms with Crippen LogP contribution in [0.5, 0.6) is 0 Å². The molecular formula is C30H34N6O2. The Bertz CT molecular complexity index is 1360. The van der Waals surface area contributed by atoms with Gasteiger partial charge in [0.25, 0.3) is 5.91 Å². The maximum Gasteiger partial charge on any atom is 0.254 e. The fraction of sp³-hybridized carbons (Fsp3) is 0.400. The second-order valence-electron chi connectivity index (χ2n) is 10.5. The topological polar surface area (TPSA) is 117 Å². The van der Waals surface area contributed by atoms with E-state index >= 15 is 0 Å². The molecule has 1 aliphatic carbocycles. The number of primary amides is 1. The first-order valence-electron chi connectivity index (χ1n) is 13.4. The number of amides is 2. The summed E-state index contributed by atoms with van der Waals surface area (Å²) in [5.74, 6) is -0.603. The molecule has 2 heterocycles. The van der Waals surface area contributed by atoms with Crippen LogP contribution in [0.2, 0.25) is 0 Å². The van der Waals surface area contributed by atoms with Crippen molar-refractivity contribution in [3.63, 3.8) is 0 Å². The number of nitrogens with one attached hydrogen (secondary N) is 1. The number of aryl methyl sites for hydroxylation is 1. The molecule has 2 aliphatic rings. The fourth-order valence-electron chi connectivity index (χ4n) is 5.25. The first-order chi connectivity index (χ1) is 18.4. The molecule has 0 spiro atoms. The highest BCUT2D eigenvalue weighted by molar-refractivity contribution is 6.02. The summed E-state index contributed by atoms with van der Waals surface area (Å²) in [4.78, 5) is 26.8. The van der Waals surface area contributed by atoms with Gasteiger partial charge in [0.15, 0.2) is 5.82 Å². The van der Waals surface area contributed by atoms with Gasteiger partial charge in [-0.2, -0.15) is 10.4 Å². The van der Waals surface area contributed by atoms with Gasteiger partial charge in [0.1, 0.15) is 5.56 Å². The van der Waals surface area contributed by atoms with E-state index in [1.54, 1.807) is 10.9 Å². The van der Waals surface area contributed by atoms with Crippen LogP contribution in [0, 0.1) is 17.2 Å². The third-order valence-corrected chi connectivity index (χ3v) is 7.88. The highest BCUT2D eigenvalue weighted by atomic mass is 16.2. The lowest BCUT2D eigenvalue weighted by Gasteiger charge is -2.40. The number of hydrogen-bond donors (Lipinski definition) is 2. The Morgan fingerprint density at radius 1 is 1.11 bits per heavy atom. The van der Waals surface area contributed by atoms with Gasteiger partial charge in [-0.1, -0.05) is 55.5 Å². The lowest BCUT2D eigenvalue weighted by atomic mass is 9.84. The molecule has 0 atom stereocenters. The number of nitriles is 1. The van der Waals surface area contributed by atoms with Crippen LogP contribution in [0.4, 0.5) is 5.82 Å². The minimum atomic E-state index is -0.642. The normalized spacial score (nSPS) is 17.1. The minimum Gasteiger partial charge on any atom is -0.365 e. The molecule has 8 nitrogen and oxygen atoms in total. The summed E-state index contributed by atoms with van der Waals surface area (Å²) in [7, 11) is 0. The van der Waals surface area contributed by atoms with Gasteiger partial charge < -0.3 is 11.1 Å². The van der Waals surface area contributed by atoms with Gasteiger partial charge in [-0.15, -0.1) is 0 Å². The Kier molecular flexibility index (Phi) is 7.30. The first kappa shape index (κ1) is 25.7. The van der Waals surface area contributed by atoms with E-state index in [9.17, 15) is 14.9 Å². The van der Waals surface area contributed by atoms with Crippen LogP contribution in [0.15, 0.2) is 54.7 Å². The van der Waals surface area contributed by atoms with Gasteiger partial charge in [-0.05, 0) is 54.4 Å². The van der Waals surface area contributed by atoms with Crippen LogP contribution < -0.4 is 11.1 Å². The van der Waals surface area contributed by atoms with E-state index < -0.39 is 11.4 Å². The molecule has 196 valence electrons. The average molecular weight is 511 g/mol. The summed E-state index contributed by atoms with van der Waals surface area (Å²) >= 11 is 0. The third-order valence-electron chi connectivity index (χ3n) is 7.88. The lowest BCUT2D eigenvalue weighted by molar-refractivity contribution is -0.117. The molecule has 5 rings (SSSR count). The molecule has 0 unspecified atom stereocenters. The molecule has 2 amide bonds. The number of nitrogens with zero attached hydrogens (tertiary/aromatic N) is 4. The maximum absolute atomic E-state index is 12.3. The molecule has 1 saturated carbocycles. The molecule has 2 fully saturated rings. The van der Waals surface area contributed by atoms with Crippen molar-refractivity contribution in [3.05, 3.63) is 71.4 Å². The smallest absolute Gasteiger partial charge is 0.254 e. The van der Waals surface area contributed by atoms with Crippen LogP contribution in [0.25, 0.3) is 11.1 Å². The first-order valence-corrected chi connectivity index (χ1v) is 13.4. The van der Waals surface area contributed by atoms with Crippen molar-refractivity contribution in [3.8, 4) is 17.2 Å². The van der Waals surface area contributed by atoms with E-state index in [4.69, 9.17) is 5.73 Å². The van der Waals surface area contributed by atoms with E-state index in [2.05, 4.69) is 76.8 Å². The Hall–Kier alpha value is -3.96. The highest BCUT2D eigenvalue weighted by Gasteiger charge is 2.39. The summed E-state index contributed by atoms with van der Waals surface area (Å²) in [6.07, 6.45) is 6.00. The number of nitrogens with two attached hydrogens (primary N) is 1. The molecule has 3 N–H and O–H groups in total. The van der Waals surface area contributed by atoms with Crippen molar-refractivity contribution in [2.75, 3.05) is 18.4 Å². The predicted molar refractivity (Wildman–Crippen MR) is 146 cm³/mol. The molecule has 1 aromatic heterocycles. The number of benzene rings is 2. The highest BCUT2D eigenvalue weighted by Crippen LogP contribution is 2.36. The van der Waals surface area contributed by atoms with E-state index in [0.717, 1.165) is 38.9 Å². The SMILES string of the molecule is CCc1cccc(-c2ccc(CN3CCC(CC#N)(n4cc(C(N)=O)c(NC(=O)C5CC5)n4)CC3)cc2)c1. The molecule has 0 bridgehead atoms. The summed E-state index contributed by atoms with van der Waals surface area (Å²) in [5.41, 5.74) is 10.3. The molecule has 2 aromatic carbocycles. The van der Waals surface area contributed by atoms with Crippen molar-refractivity contribution in [2.24, 2.45) is 11.7 Å². The summed E-state index contributed by atoms with van der Waals surface area (Å²) in [5, 5.41) is 17.0. The Labute approximate surface area is 223 Å². The van der Waals surface area contributed by atoms with Crippen LogP contribution in [-0.2, 0) is 23.3 Å². The number of rotatable bonds is 9. The van der Waals surface area contributed by atoms with Gasteiger partial charge in [-0.25, -0.2) is 0 Å². The number of piperidine rings is 1. The van der Waals surface area contributed by atoms with Gasteiger partial charge in [0, 0.05) is 31.7 Å². The monoisotopic (exact) mass is 510 g/mol. The summed E-state index contributed by atoms with van der Waals surface area (Å²) < 4.78 is 1.70. The van der Waals surface area contributed by atoms with Gasteiger partial charge in [0.05, 0.1) is 18.0 Å². The number of carbonyl (C=O) groups is 2. The summed E-state index contributed by atoms with van der Waals surface area (Å²) in [6.45, 7) is 4.57.